The number of carbonyl (C=O) groups is 4. The van der Waals surface area contributed by atoms with E-state index in [9.17, 15) is 19.2 Å². The molecule has 298 valence electrons. The highest BCUT2D eigenvalue weighted by Crippen LogP contribution is 2.20. The molecule has 0 radical (unpaired) electrons. The number of hydrogen-bond acceptors (Lipinski definition) is 14. The SMILES string of the molecule is CCOC(=O)CCN(C(=O)c1ccc2nc(CNc3ccc(/C(N)=N/OC(=O)C(N)C(C)COC(=O)C(N)CCCN=C(N)N)cc3)[nH]c2c1)c1ccccn1. The number of rotatable bonds is 20. The molecule has 2 aromatic heterocycles. The Morgan fingerprint density at radius 1 is 0.964 bits per heavy atom. The summed E-state index contributed by atoms with van der Waals surface area (Å²) in [6, 6.07) is 15.2. The van der Waals surface area contributed by atoms with Crippen molar-refractivity contribution in [2.24, 2.45) is 44.7 Å². The molecule has 12 N–H and O–H groups in total. The normalized spacial score (nSPS) is 12.9. The van der Waals surface area contributed by atoms with Crippen LogP contribution in [0.1, 0.15) is 54.9 Å². The van der Waals surface area contributed by atoms with Gasteiger partial charge >= 0.3 is 17.9 Å². The first-order chi connectivity index (χ1) is 26.9. The zero-order chi connectivity index (χ0) is 40.6. The second kappa shape index (κ2) is 20.7. The first-order valence-corrected chi connectivity index (χ1v) is 17.8. The van der Waals surface area contributed by atoms with E-state index in [0.29, 0.717) is 59.7 Å². The first-order valence-electron chi connectivity index (χ1n) is 17.8. The molecular weight excluding hydrogens is 724 g/mol. The summed E-state index contributed by atoms with van der Waals surface area (Å²) in [6.07, 6.45) is 2.40. The highest BCUT2D eigenvalue weighted by Gasteiger charge is 2.26. The summed E-state index contributed by atoms with van der Waals surface area (Å²) in [5, 5.41) is 6.98. The molecule has 1 amide bonds. The van der Waals surface area contributed by atoms with Gasteiger partial charge in [-0.3, -0.25) is 24.3 Å². The molecule has 3 atom stereocenters. The highest BCUT2D eigenvalue weighted by molar-refractivity contribution is 6.07. The lowest BCUT2D eigenvalue weighted by atomic mass is 10.0. The average Bonchev–Trinajstić information content (AvgIpc) is 3.62. The number of guanidine groups is 1. The van der Waals surface area contributed by atoms with Crippen LogP contribution in [0.3, 0.4) is 0 Å². The summed E-state index contributed by atoms with van der Waals surface area (Å²) in [5.41, 5.74) is 31.3. The number of benzene rings is 2. The Morgan fingerprint density at radius 2 is 1.71 bits per heavy atom. The van der Waals surface area contributed by atoms with Gasteiger partial charge in [-0.1, -0.05) is 18.1 Å². The number of aromatic amines is 1. The average molecular weight is 773 g/mol. The number of H-pyrrole nitrogens is 1. The Balaban J connectivity index is 1.28. The van der Waals surface area contributed by atoms with Gasteiger partial charge in [-0.25, -0.2) is 14.8 Å². The molecule has 19 heteroatoms. The van der Waals surface area contributed by atoms with E-state index < -0.39 is 35.9 Å². The standard InChI is InChI=1S/C37H48N12O7/c1-3-54-31(50)15-18-49(30-8-4-5-16-43-30)34(51)24-11-14-27-28(19-24)47-29(46-27)20-45-25-12-9-23(10-13-25)33(40)48-56-36(53)32(39)22(2)21-55-35(52)26(38)7-6-17-44-37(41)42/h4-5,8-14,16,19,22,26,32,45H,3,6-7,15,17-18,20-21,38-39H2,1-2H3,(H2,40,48)(H,46,47)(H4,41,42,44). The highest BCUT2D eigenvalue weighted by atomic mass is 16.7. The minimum absolute atomic E-state index is 0.0183. The van der Waals surface area contributed by atoms with Crippen LogP contribution in [0.4, 0.5) is 11.5 Å². The van der Waals surface area contributed by atoms with Gasteiger partial charge in [0.1, 0.15) is 23.7 Å². The third-order valence-electron chi connectivity index (χ3n) is 8.31. The van der Waals surface area contributed by atoms with Gasteiger partial charge in [-0.15, -0.1) is 0 Å². The number of nitrogens with two attached hydrogens (primary N) is 5. The molecule has 19 nitrogen and oxygen atoms in total. The Labute approximate surface area is 323 Å². The number of aromatic nitrogens is 3. The predicted molar refractivity (Wildman–Crippen MR) is 210 cm³/mol. The Hall–Kier alpha value is -6.60. The van der Waals surface area contributed by atoms with Crippen LogP contribution in [0.25, 0.3) is 11.0 Å². The Bertz CT molecular complexity index is 2000. The lowest BCUT2D eigenvalue weighted by molar-refractivity contribution is -0.152. The number of nitrogens with zero attached hydrogens (tertiary/aromatic N) is 5. The molecule has 4 rings (SSSR count). The van der Waals surface area contributed by atoms with Crippen LogP contribution < -0.4 is 38.9 Å². The minimum atomic E-state index is -1.15. The lowest BCUT2D eigenvalue weighted by Crippen LogP contribution is -2.41. The van der Waals surface area contributed by atoms with Crippen LogP contribution in [-0.2, 0) is 35.2 Å². The maximum atomic E-state index is 13.6. The number of aliphatic imine (C=N–C) groups is 1. The molecule has 0 aliphatic carbocycles. The first kappa shape index (κ1) is 42.1. The second-order valence-electron chi connectivity index (χ2n) is 12.6. The lowest BCUT2D eigenvalue weighted by Gasteiger charge is -2.21. The van der Waals surface area contributed by atoms with Gasteiger partial charge in [-0.05, 0) is 74.4 Å². The van der Waals surface area contributed by atoms with E-state index in [1.54, 1.807) is 80.7 Å². The monoisotopic (exact) mass is 772 g/mol. The van der Waals surface area contributed by atoms with E-state index in [1.807, 2.05) is 0 Å². The summed E-state index contributed by atoms with van der Waals surface area (Å²) >= 11 is 0. The van der Waals surface area contributed by atoms with Crippen molar-refractivity contribution in [3.8, 4) is 0 Å². The quantitative estimate of drug-likeness (QED) is 0.0166. The number of ether oxygens (including phenoxy) is 2. The molecule has 0 aliphatic rings. The molecule has 0 saturated carbocycles. The minimum Gasteiger partial charge on any atom is -0.466 e. The van der Waals surface area contributed by atoms with Crippen molar-refractivity contribution in [3.05, 3.63) is 83.8 Å². The Morgan fingerprint density at radius 3 is 2.41 bits per heavy atom. The van der Waals surface area contributed by atoms with Crippen LogP contribution in [-0.4, -0.2) is 88.9 Å². The van der Waals surface area contributed by atoms with Gasteiger partial charge in [0.15, 0.2) is 11.8 Å². The fourth-order valence-electron chi connectivity index (χ4n) is 5.15. The van der Waals surface area contributed by atoms with E-state index >= 15 is 0 Å². The van der Waals surface area contributed by atoms with Crippen molar-refractivity contribution in [2.45, 2.75) is 51.7 Å². The molecule has 3 unspecified atom stereocenters. The second-order valence-corrected chi connectivity index (χ2v) is 12.6. The third kappa shape index (κ3) is 12.5. The van der Waals surface area contributed by atoms with Crippen molar-refractivity contribution < 1.29 is 33.5 Å². The van der Waals surface area contributed by atoms with Gasteiger partial charge in [-0.2, -0.15) is 0 Å². The van der Waals surface area contributed by atoms with Gasteiger partial charge in [0.25, 0.3) is 5.91 Å². The maximum absolute atomic E-state index is 13.6. The molecular formula is C37H48N12O7. The number of carbonyl (C=O) groups excluding carboxylic acids is 4. The fraction of sp³-hybridized carbons (Fsp3) is 0.351. The van der Waals surface area contributed by atoms with Crippen molar-refractivity contribution in [3.63, 3.8) is 0 Å². The van der Waals surface area contributed by atoms with Gasteiger partial charge in [0.05, 0.1) is 37.2 Å². The summed E-state index contributed by atoms with van der Waals surface area (Å²) in [7, 11) is 0. The third-order valence-corrected chi connectivity index (χ3v) is 8.31. The molecule has 0 spiro atoms. The zero-order valence-electron chi connectivity index (χ0n) is 31.2. The van der Waals surface area contributed by atoms with E-state index in [2.05, 4.69) is 30.4 Å². The van der Waals surface area contributed by atoms with E-state index in [-0.39, 0.29) is 43.9 Å². The Kier molecular flexibility index (Phi) is 15.6. The van der Waals surface area contributed by atoms with Gasteiger partial charge in [0, 0.05) is 42.0 Å². The topological polar surface area (TPSA) is 308 Å². The predicted octanol–water partition coefficient (Wildman–Crippen LogP) is 1.22. The van der Waals surface area contributed by atoms with Crippen LogP contribution in [0, 0.1) is 5.92 Å². The molecule has 2 heterocycles. The number of oxime groups is 1. The van der Waals surface area contributed by atoms with Crippen molar-refractivity contribution >= 4 is 58.1 Å². The zero-order valence-corrected chi connectivity index (χ0v) is 31.2. The summed E-state index contributed by atoms with van der Waals surface area (Å²) in [4.78, 5) is 72.7. The molecule has 4 aromatic rings. The number of esters is 2. The number of amides is 1. The van der Waals surface area contributed by atoms with Crippen molar-refractivity contribution in [1.29, 1.82) is 0 Å². The van der Waals surface area contributed by atoms with E-state index in [0.717, 1.165) is 5.69 Å². The molecule has 0 bridgehead atoms. The molecule has 0 fully saturated rings. The van der Waals surface area contributed by atoms with E-state index in [1.165, 1.54) is 4.90 Å². The number of pyridine rings is 1. The number of fused-ring (bicyclic) bond motifs is 1. The van der Waals surface area contributed by atoms with Crippen molar-refractivity contribution in [2.75, 3.05) is 36.5 Å². The summed E-state index contributed by atoms with van der Waals surface area (Å²) < 4.78 is 10.2. The number of hydrogen-bond donors (Lipinski definition) is 7. The number of nitrogens with one attached hydrogen (secondary N) is 2. The van der Waals surface area contributed by atoms with Crippen LogP contribution in [0.2, 0.25) is 0 Å². The smallest absolute Gasteiger partial charge is 0.352 e. The van der Waals surface area contributed by atoms with Crippen LogP contribution in [0.5, 0.6) is 0 Å². The van der Waals surface area contributed by atoms with E-state index in [4.69, 9.17) is 43.0 Å². The molecule has 2 aromatic carbocycles. The number of anilines is 2. The largest absolute Gasteiger partial charge is 0.466 e. The molecule has 56 heavy (non-hydrogen) atoms. The van der Waals surface area contributed by atoms with Gasteiger partial charge in [0.2, 0.25) is 0 Å². The number of amidine groups is 1. The molecule has 0 saturated heterocycles. The summed E-state index contributed by atoms with van der Waals surface area (Å²) in [6.45, 7) is 4.18. The van der Waals surface area contributed by atoms with Crippen LogP contribution in [0.15, 0.2) is 77.0 Å². The molecule has 0 aliphatic heterocycles. The van der Waals surface area contributed by atoms with Crippen LogP contribution >= 0.6 is 0 Å². The maximum Gasteiger partial charge on any atom is 0.352 e. The fourth-order valence-corrected chi connectivity index (χ4v) is 5.15. The number of imidazole rings is 1. The van der Waals surface area contributed by atoms with Crippen molar-refractivity contribution in [1.82, 2.24) is 15.0 Å². The summed E-state index contributed by atoms with van der Waals surface area (Å²) in [5.74, 6) is -1.91. The van der Waals surface area contributed by atoms with Gasteiger partial charge < -0.3 is 53.3 Å².